The molecule has 2 saturated heterocycles. The molecular formula is C22H44N2O7. The van der Waals surface area contributed by atoms with Crippen molar-refractivity contribution in [3.63, 3.8) is 0 Å². The summed E-state index contributed by atoms with van der Waals surface area (Å²) in [6, 6.07) is 0. The first-order valence-corrected chi connectivity index (χ1v) is 12.0. The largest absolute Gasteiger partial charge is 0.377 e. The van der Waals surface area contributed by atoms with Gasteiger partial charge in [0.1, 0.15) is 0 Å². The Morgan fingerprint density at radius 3 is 0.935 bits per heavy atom. The van der Waals surface area contributed by atoms with E-state index < -0.39 is 0 Å². The van der Waals surface area contributed by atoms with Crippen molar-refractivity contribution in [2.24, 2.45) is 0 Å². The van der Waals surface area contributed by atoms with Gasteiger partial charge in [0.15, 0.2) is 0 Å². The Kier molecular flexibility index (Phi) is 17.6. The molecular weight excluding hydrogens is 404 g/mol. The Bertz CT molecular complexity index is 347. The molecule has 2 aliphatic heterocycles. The average Bonchev–Trinajstić information content (AvgIpc) is 2.82. The van der Waals surface area contributed by atoms with Crippen LogP contribution in [0.25, 0.3) is 0 Å². The van der Waals surface area contributed by atoms with Crippen molar-refractivity contribution in [3.8, 4) is 0 Å². The second-order valence-corrected chi connectivity index (χ2v) is 7.70. The summed E-state index contributed by atoms with van der Waals surface area (Å²) in [6.07, 6.45) is 5.15. The number of nitrogens with one attached hydrogen (secondary N) is 2. The van der Waals surface area contributed by atoms with Gasteiger partial charge in [-0.2, -0.15) is 0 Å². The molecule has 0 amide bonds. The maximum atomic E-state index is 5.78. The lowest BCUT2D eigenvalue weighted by atomic mass is 10.1. The van der Waals surface area contributed by atoms with E-state index >= 15 is 0 Å². The second-order valence-electron chi connectivity index (χ2n) is 7.70. The molecule has 0 radical (unpaired) electrons. The van der Waals surface area contributed by atoms with Gasteiger partial charge >= 0.3 is 0 Å². The van der Waals surface area contributed by atoms with E-state index in [0.29, 0.717) is 91.5 Å². The van der Waals surface area contributed by atoms with Gasteiger partial charge in [0.05, 0.1) is 91.5 Å². The number of hydrogen-bond acceptors (Lipinski definition) is 9. The van der Waals surface area contributed by atoms with Crippen LogP contribution < -0.4 is 10.6 Å². The summed E-state index contributed by atoms with van der Waals surface area (Å²) in [6.45, 7) is 11.3. The number of rotatable bonds is 20. The third-order valence-corrected chi connectivity index (χ3v) is 5.22. The van der Waals surface area contributed by atoms with Crippen LogP contribution >= 0.6 is 0 Å². The first kappa shape index (κ1) is 26.9. The molecule has 31 heavy (non-hydrogen) atoms. The van der Waals surface area contributed by atoms with E-state index in [9.17, 15) is 0 Å². The van der Waals surface area contributed by atoms with Gasteiger partial charge in [-0.25, -0.2) is 0 Å². The molecule has 0 aliphatic carbocycles. The van der Waals surface area contributed by atoms with Crippen molar-refractivity contribution in [1.82, 2.24) is 10.6 Å². The SMILES string of the molecule is C1CC(OCCOCCOCCOCCOCCOCCOC2CCNCC2)CCN1. The Morgan fingerprint density at radius 1 is 0.387 bits per heavy atom. The standard InChI is InChI=1S/C22H44N2O7/c1-5-23-6-2-21(1)30-19-17-28-15-13-26-11-9-25-10-12-27-14-16-29-18-20-31-22-3-7-24-8-4-22/h21-24H,1-20H2. The molecule has 0 saturated carbocycles. The quantitative estimate of drug-likeness (QED) is 0.260. The molecule has 2 N–H and O–H groups in total. The molecule has 2 heterocycles. The predicted molar refractivity (Wildman–Crippen MR) is 118 cm³/mol. The summed E-state index contributed by atoms with van der Waals surface area (Å²) in [5.41, 5.74) is 0. The Balaban J connectivity index is 1.18. The Hall–Kier alpha value is -0.360. The van der Waals surface area contributed by atoms with E-state index in [-0.39, 0.29) is 0 Å². The van der Waals surface area contributed by atoms with Crippen LogP contribution in [0, 0.1) is 0 Å². The molecule has 0 atom stereocenters. The Labute approximate surface area is 187 Å². The normalized spacial score (nSPS) is 18.6. The van der Waals surface area contributed by atoms with E-state index in [2.05, 4.69) is 10.6 Å². The lowest BCUT2D eigenvalue weighted by Crippen LogP contribution is -2.33. The van der Waals surface area contributed by atoms with Gasteiger partial charge in [-0.3, -0.25) is 0 Å². The van der Waals surface area contributed by atoms with Gasteiger partial charge in [-0.05, 0) is 51.9 Å². The fourth-order valence-corrected chi connectivity index (χ4v) is 3.45. The van der Waals surface area contributed by atoms with Gasteiger partial charge < -0.3 is 43.8 Å². The molecule has 2 aliphatic rings. The Morgan fingerprint density at radius 2 is 0.645 bits per heavy atom. The minimum absolute atomic E-state index is 0.387. The van der Waals surface area contributed by atoms with Crippen molar-refractivity contribution >= 4 is 0 Å². The molecule has 0 spiro atoms. The van der Waals surface area contributed by atoms with E-state index in [0.717, 1.165) is 51.9 Å². The highest BCUT2D eigenvalue weighted by Crippen LogP contribution is 2.07. The molecule has 9 nitrogen and oxygen atoms in total. The van der Waals surface area contributed by atoms with Crippen molar-refractivity contribution < 1.29 is 33.2 Å². The summed E-state index contributed by atoms with van der Waals surface area (Å²) < 4.78 is 39.0. The van der Waals surface area contributed by atoms with Crippen molar-refractivity contribution in [1.29, 1.82) is 0 Å². The maximum Gasteiger partial charge on any atom is 0.0704 e. The van der Waals surface area contributed by atoms with Crippen molar-refractivity contribution in [2.75, 3.05) is 105 Å². The van der Waals surface area contributed by atoms with E-state index in [1.54, 1.807) is 0 Å². The summed E-state index contributed by atoms with van der Waals surface area (Å²) in [4.78, 5) is 0. The first-order chi connectivity index (χ1) is 15.4. The molecule has 0 aromatic heterocycles. The van der Waals surface area contributed by atoms with Crippen molar-refractivity contribution in [2.45, 2.75) is 37.9 Å². The van der Waals surface area contributed by atoms with Crippen LogP contribution in [-0.4, -0.2) is 118 Å². The fourth-order valence-electron chi connectivity index (χ4n) is 3.45. The highest BCUT2D eigenvalue weighted by molar-refractivity contribution is 4.68. The van der Waals surface area contributed by atoms with Crippen LogP contribution in [0.2, 0.25) is 0 Å². The lowest BCUT2D eigenvalue weighted by Gasteiger charge is -2.22. The zero-order valence-electron chi connectivity index (χ0n) is 19.2. The van der Waals surface area contributed by atoms with E-state index in [1.165, 1.54) is 0 Å². The summed E-state index contributed by atoms with van der Waals surface area (Å²) >= 11 is 0. The monoisotopic (exact) mass is 448 g/mol. The molecule has 2 fully saturated rings. The molecule has 0 aromatic carbocycles. The minimum Gasteiger partial charge on any atom is -0.377 e. The number of piperidine rings is 2. The zero-order chi connectivity index (χ0) is 21.7. The van der Waals surface area contributed by atoms with Crippen LogP contribution in [-0.2, 0) is 33.2 Å². The fraction of sp³-hybridized carbons (Fsp3) is 1.00. The molecule has 2 rings (SSSR count). The van der Waals surface area contributed by atoms with Gasteiger partial charge in [0, 0.05) is 0 Å². The third kappa shape index (κ3) is 16.0. The highest BCUT2D eigenvalue weighted by atomic mass is 16.6. The van der Waals surface area contributed by atoms with Gasteiger partial charge in [0.2, 0.25) is 0 Å². The van der Waals surface area contributed by atoms with Crippen LogP contribution in [0.4, 0.5) is 0 Å². The summed E-state index contributed by atoms with van der Waals surface area (Å²) in [5, 5.41) is 6.66. The molecule has 184 valence electrons. The minimum atomic E-state index is 0.387. The van der Waals surface area contributed by atoms with Crippen molar-refractivity contribution in [3.05, 3.63) is 0 Å². The van der Waals surface area contributed by atoms with Gasteiger partial charge in [-0.15, -0.1) is 0 Å². The molecule has 9 heteroatoms. The molecule has 0 unspecified atom stereocenters. The maximum absolute atomic E-state index is 5.78. The highest BCUT2D eigenvalue weighted by Gasteiger charge is 2.13. The topological polar surface area (TPSA) is 88.7 Å². The van der Waals surface area contributed by atoms with Gasteiger partial charge in [0.25, 0.3) is 0 Å². The number of hydrogen-bond donors (Lipinski definition) is 2. The third-order valence-electron chi connectivity index (χ3n) is 5.22. The van der Waals surface area contributed by atoms with Crippen LogP contribution in [0.15, 0.2) is 0 Å². The second kappa shape index (κ2) is 20.3. The smallest absolute Gasteiger partial charge is 0.0704 e. The zero-order valence-corrected chi connectivity index (χ0v) is 19.2. The summed E-state index contributed by atoms with van der Waals surface area (Å²) in [5.74, 6) is 0. The predicted octanol–water partition coefficient (Wildman–Crippen LogP) is 0.607. The van der Waals surface area contributed by atoms with Crippen LogP contribution in [0.5, 0.6) is 0 Å². The van der Waals surface area contributed by atoms with Crippen LogP contribution in [0.1, 0.15) is 25.7 Å². The average molecular weight is 449 g/mol. The molecule has 0 bridgehead atoms. The lowest BCUT2D eigenvalue weighted by molar-refractivity contribution is -0.0343. The molecule has 0 aromatic rings. The van der Waals surface area contributed by atoms with Crippen LogP contribution in [0.3, 0.4) is 0 Å². The van der Waals surface area contributed by atoms with Gasteiger partial charge in [-0.1, -0.05) is 0 Å². The van der Waals surface area contributed by atoms with E-state index in [1.807, 2.05) is 0 Å². The van der Waals surface area contributed by atoms with E-state index in [4.69, 9.17) is 33.2 Å². The summed E-state index contributed by atoms with van der Waals surface area (Å²) in [7, 11) is 0. The number of ether oxygens (including phenoxy) is 7. The first-order valence-electron chi connectivity index (χ1n) is 12.0.